The van der Waals surface area contributed by atoms with E-state index in [-0.39, 0.29) is 0 Å². The van der Waals surface area contributed by atoms with Gasteiger partial charge in [-0.3, -0.25) is 5.84 Å². The topological polar surface area (TPSA) is 29.3 Å². The molecule has 0 aromatic heterocycles. The first-order valence-electron chi connectivity index (χ1n) is 3.08. The van der Waals surface area contributed by atoms with Gasteiger partial charge in [-0.05, 0) is 36.1 Å². The van der Waals surface area contributed by atoms with Gasteiger partial charge in [-0.1, -0.05) is 0 Å². The van der Waals surface area contributed by atoms with Crippen LogP contribution in [0.3, 0.4) is 0 Å². The average Bonchev–Trinajstić information content (AvgIpc) is 1.90. The van der Waals surface area contributed by atoms with Crippen molar-refractivity contribution in [3.05, 3.63) is 0 Å². The zero-order valence-corrected chi connectivity index (χ0v) is 6.79. The van der Waals surface area contributed by atoms with Crippen molar-refractivity contribution in [2.24, 2.45) is 5.84 Å². The molecule has 1 rings (SSSR count). The Morgan fingerprint density at radius 1 is 1.44 bits per heavy atom. The Balaban J connectivity index is 2.23. The Bertz CT molecular complexity index is 83.0. The first-order valence-corrected chi connectivity index (χ1v) is 4.57. The second-order valence-electron chi connectivity index (χ2n) is 2.19. The maximum absolute atomic E-state index is 5.56. The van der Waals surface area contributed by atoms with Crippen LogP contribution in [0.5, 0.6) is 0 Å². The van der Waals surface area contributed by atoms with E-state index in [1.54, 1.807) is 0 Å². The van der Waals surface area contributed by atoms with E-state index < -0.39 is 0 Å². The minimum Gasteiger partial charge on any atom is -0.254 e. The summed E-state index contributed by atoms with van der Waals surface area (Å²) in [7, 11) is 0. The lowest BCUT2D eigenvalue weighted by atomic mass is 10.2. The number of hydrogen-bond acceptors (Lipinski definition) is 3. The number of rotatable bonds is 1. The molecule has 54 valence electrons. The highest BCUT2D eigenvalue weighted by Crippen LogP contribution is 2.20. The maximum Gasteiger partial charge on any atom is 0.0421 e. The number of hydrogen-bond donors (Lipinski definition) is 1. The summed E-state index contributed by atoms with van der Waals surface area (Å²) >= 11 is 7.53. The van der Waals surface area contributed by atoms with Crippen molar-refractivity contribution < 1.29 is 0 Å². The highest BCUT2D eigenvalue weighted by Gasteiger charge is 2.16. The van der Waals surface area contributed by atoms with Crippen LogP contribution in [0, 0.1) is 0 Å². The minimum atomic E-state index is 0.410. The Morgan fingerprint density at radius 2 is 2.00 bits per heavy atom. The van der Waals surface area contributed by atoms with Gasteiger partial charge in [-0.25, -0.2) is 0 Å². The fourth-order valence-electron chi connectivity index (χ4n) is 0.932. The quantitative estimate of drug-likeness (QED) is 0.361. The predicted molar refractivity (Wildman–Crippen MR) is 42.2 cm³/mol. The summed E-state index contributed by atoms with van der Waals surface area (Å²) in [5.74, 6) is 7.76. The normalized spacial score (nSPS) is 23.0. The highest BCUT2D eigenvalue weighted by molar-refractivity contribution is 7.99. The molecule has 0 aromatic rings. The summed E-state index contributed by atoms with van der Waals surface area (Å²) in [5.41, 5.74) is 0. The molecule has 0 aromatic carbocycles. The van der Waals surface area contributed by atoms with Crippen LogP contribution in [0.1, 0.15) is 12.8 Å². The van der Waals surface area contributed by atoms with E-state index in [0.717, 1.165) is 12.8 Å². The third-order valence-corrected chi connectivity index (χ3v) is 2.86. The zero-order valence-electron chi connectivity index (χ0n) is 5.22. The van der Waals surface area contributed by atoms with Gasteiger partial charge >= 0.3 is 0 Å². The molecule has 1 saturated heterocycles. The lowest BCUT2D eigenvalue weighted by molar-refractivity contribution is 0.330. The summed E-state index contributed by atoms with van der Waals surface area (Å²) in [4.78, 5) is 0. The smallest absolute Gasteiger partial charge is 0.0421 e. The third kappa shape index (κ3) is 2.34. The van der Waals surface area contributed by atoms with Gasteiger partial charge in [0, 0.05) is 6.04 Å². The molecule has 0 spiro atoms. The van der Waals surface area contributed by atoms with Crippen molar-refractivity contribution in [2.75, 3.05) is 11.5 Å². The summed E-state index contributed by atoms with van der Waals surface area (Å²) in [6.07, 6.45) is 2.26. The number of nitrogens with two attached hydrogens (primary N) is 1. The molecule has 2 N–H and O–H groups in total. The van der Waals surface area contributed by atoms with E-state index in [1.165, 1.54) is 16.0 Å². The van der Waals surface area contributed by atoms with Crippen LogP contribution in [-0.4, -0.2) is 22.1 Å². The second-order valence-corrected chi connectivity index (χ2v) is 3.80. The van der Waals surface area contributed by atoms with E-state index in [9.17, 15) is 0 Å². The fraction of sp³-hybridized carbons (Fsp3) is 1.00. The van der Waals surface area contributed by atoms with Crippen LogP contribution in [0.4, 0.5) is 0 Å². The van der Waals surface area contributed by atoms with E-state index in [2.05, 4.69) is 0 Å². The average molecular weight is 167 g/mol. The second kappa shape index (κ2) is 3.66. The molecule has 0 aliphatic carbocycles. The van der Waals surface area contributed by atoms with Gasteiger partial charge in [0.2, 0.25) is 0 Å². The number of halogens is 1. The number of nitrogens with zero attached hydrogens (tertiary/aromatic N) is 1. The monoisotopic (exact) mass is 166 g/mol. The molecule has 1 aliphatic rings. The number of thioether (sulfide) groups is 1. The van der Waals surface area contributed by atoms with Gasteiger partial charge in [-0.15, -0.1) is 0 Å². The van der Waals surface area contributed by atoms with Gasteiger partial charge in [0.1, 0.15) is 0 Å². The third-order valence-electron chi connectivity index (χ3n) is 1.54. The van der Waals surface area contributed by atoms with Crippen LogP contribution >= 0.6 is 23.5 Å². The molecular weight excluding hydrogens is 156 g/mol. The van der Waals surface area contributed by atoms with E-state index in [4.69, 9.17) is 17.6 Å². The van der Waals surface area contributed by atoms with Gasteiger partial charge in [0.25, 0.3) is 0 Å². The Labute approximate surface area is 64.8 Å². The zero-order chi connectivity index (χ0) is 6.69. The van der Waals surface area contributed by atoms with Gasteiger partial charge in [-0.2, -0.15) is 16.3 Å². The Kier molecular flexibility index (Phi) is 3.12. The molecule has 0 amide bonds. The first kappa shape index (κ1) is 7.66. The summed E-state index contributed by atoms with van der Waals surface area (Å²) in [6.45, 7) is 0. The van der Waals surface area contributed by atoms with Crippen LogP contribution in [-0.2, 0) is 0 Å². The standard InChI is InChI=1S/C5H11ClN2S/c6-8(7)5-1-3-9-4-2-5/h5H,1-4,7H2. The first-order chi connectivity index (χ1) is 4.30. The highest BCUT2D eigenvalue weighted by atomic mass is 35.5. The van der Waals surface area contributed by atoms with Crippen LogP contribution in [0.2, 0.25) is 0 Å². The van der Waals surface area contributed by atoms with Crippen molar-refractivity contribution >= 4 is 23.5 Å². The van der Waals surface area contributed by atoms with Crippen molar-refractivity contribution in [1.29, 1.82) is 0 Å². The Morgan fingerprint density at radius 3 is 2.33 bits per heavy atom. The SMILES string of the molecule is NN(Cl)C1CCSCC1. The van der Waals surface area contributed by atoms with E-state index >= 15 is 0 Å². The van der Waals surface area contributed by atoms with Crippen LogP contribution in [0.25, 0.3) is 0 Å². The summed E-state index contributed by atoms with van der Waals surface area (Å²) < 4.78 is 1.32. The molecule has 0 radical (unpaired) electrons. The molecule has 1 heterocycles. The van der Waals surface area contributed by atoms with Crippen molar-refractivity contribution in [1.82, 2.24) is 4.53 Å². The molecule has 9 heavy (non-hydrogen) atoms. The molecule has 2 nitrogen and oxygen atoms in total. The molecule has 0 atom stereocenters. The van der Waals surface area contributed by atoms with Crippen molar-refractivity contribution in [2.45, 2.75) is 18.9 Å². The van der Waals surface area contributed by atoms with Crippen molar-refractivity contribution in [3.8, 4) is 0 Å². The predicted octanol–water partition coefficient (Wildman–Crippen LogP) is 1.21. The molecule has 1 aliphatic heterocycles. The molecular formula is C5H11ClN2S. The van der Waals surface area contributed by atoms with Gasteiger partial charge in [0.15, 0.2) is 0 Å². The van der Waals surface area contributed by atoms with Crippen molar-refractivity contribution in [3.63, 3.8) is 0 Å². The van der Waals surface area contributed by atoms with E-state index in [0.29, 0.717) is 6.04 Å². The van der Waals surface area contributed by atoms with Gasteiger partial charge in [0.05, 0.1) is 0 Å². The maximum atomic E-state index is 5.56. The molecule has 4 heteroatoms. The number of hydrazine groups is 1. The Hall–Kier alpha value is 0.560. The summed E-state index contributed by atoms with van der Waals surface area (Å²) in [6, 6.07) is 0.410. The lowest BCUT2D eigenvalue weighted by Crippen LogP contribution is -2.35. The molecule has 0 bridgehead atoms. The summed E-state index contributed by atoms with van der Waals surface area (Å²) in [5, 5.41) is 0. The molecule has 1 fully saturated rings. The molecule has 0 unspecified atom stereocenters. The van der Waals surface area contributed by atoms with Gasteiger partial charge < -0.3 is 0 Å². The largest absolute Gasteiger partial charge is 0.254 e. The molecule has 0 saturated carbocycles. The fourth-order valence-corrected chi connectivity index (χ4v) is 2.21. The van der Waals surface area contributed by atoms with E-state index in [1.807, 2.05) is 11.8 Å². The van der Waals surface area contributed by atoms with Crippen LogP contribution in [0.15, 0.2) is 0 Å². The van der Waals surface area contributed by atoms with Crippen LogP contribution < -0.4 is 5.84 Å². The minimum absolute atomic E-state index is 0.410. The lowest BCUT2D eigenvalue weighted by Gasteiger charge is -2.24.